The second-order valence-corrected chi connectivity index (χ2v) is 11.6. The van der Waals surface area contributed by atoms with E-state index in [-0.39, 0.29) is 11.3 Å². The Morgan fingerprint density at radius 1 is 1.10 bits per heavy atom. The molecule has 6 heteroatoms. The molecule has 4 saturated carbocycles. The Kier molecular flexibility index (Phi) is 4.83. The monoisotopic (exact) mass is 546 g/mol. The van der Waals surface area contributed by atoms with E-state index < -0.39 is 0 Å². The first-order valence-electron chi connectivity index (χ1n) is 11.1. The third-order valence-electron chi connectivity index (χ3n) is 7.53. The van der Waals surface area contributed by atoms with Crippen molar-refractivity contribution in [1.82, 2.24) is 4.98 Å². The largest absolute Gasteiger partial charge is 0.436 e. The van der Waals surface area contributed by atoms with E-state index in [0.717, 1.165) is 38.1 Å². The molecule has 1 amide bonds. The number of halogens is 2. The predicted molar refractivity (Wildman–Crippen MR) is 131 cm³/mol. The van der Waals surface area contributed by atoms with Crippen molar-refractivity contribution < 1.29 is 9.21 Å². The summed E-state index contributed by atoms with van der Waals surface area (Å²) in [6, 6.07) is 11.4. The van der Waals surface area contributed by atoms with Crippen molar-refractivity contribution in [2.24, 2.45) is 23.2 Å². The van der Waals surface area contributed by atoms with Crippen molar-refractivity contribution >= 4 is 56.9 Å². The molecule has 0 aliphatic heterocycles. The van der Waals surface area contributed by atoms with Crippen molar-refractivity contribution in [1.29, 1.82) is 0 Å². The summed E-state index contributed by atoms with van der Waals surface area (Å²) in [6.45, 7) is 0. The summed E-state index contributed by atoms with van der Waals surface area (Å²) >= 11 is 8.59. The fourth-order valence-corrected chi connectivity index (χ4v) is 7.52. The van der Waals surface area contributed by atoms with E-state index in [1.807, 2.05) is 36.4 Å². The maximum atomic E-state index is 13.0. The summed E-state index contributed by atoms with van der Waals surface area (Å²) in [5, 5.41) is 3.74. The number of carbonyl (C=O) groups excluding carboxylic acids is 1. The van der Waals surface area contributed by atoms with Crippen LogP contribution in [0.1, 0.15) is 44.9 Å². The van der Waals surface area contributed by atoms with Gasteiger partial charge in [0.25, 0.3) is 0 Å². The molecule has 1 heterocycles. The standard InChI is InChI=1S/C25H24ClIN2O2/c26-20-3-1-17(27)8-19(20)24-29-21-9-18(2-4-22(21)31-24)28-23(30)13-25-10-14-5-15(11-25)7-16(6-14)12-25/h1-4,8-9,14-16H,5-7,10-13H2,(H,28,30). The average molecular weight is 547 g/mol. The maximum absolute atomic E-state index is 13.0. The molecule has 2 aromatic carbocycles. The molecule has 1 N–H and O–H groups in total. The Bertz CT molecular complexity index is 1150. The fraction of sp³-hybridized carbons (Fsp3) is 0.440. The van der Waals surface area contributed by atoms with Crippen LogP contribution in [0.3, 0.4) is 0 Å². The van der Waals surface area contributed by atoms with E-state index in [4.69, 9.17) is 16.0 Å². The number of aromatic nitrogens is 1. The zero-order valence-electron chi connectivity index (χ0n) is 17.2. The number of amides is 1. The van der Waals surface area contributed by atoms with Gasteiger partial charge in [-0.05, 0) is 121 Å². The Hall–Kier alpha value is -1.60. The van der Waals surface area contributed by atoms with Gasteiger partial charge in [-0.15, -0.1) is 0 Å². The van der Waals surface area contributed by atoms with Crippen LogP contribution in [0, 0.1) is 26.7 Å². The van der Waals surface area contributed by atoms with Crippen LogP contribution in [0.4, 0.5) is 5.69 Å². The van der Waals surface area contributed by atoms with Gasteiger partial charge in [0.1, 0.15) is 5.52 Å². The SMILES string of the molecule is O=C(CC12CC3CC(CC(C3)C1)C2)Nc1ccc2oc(-c3cc(I)ccc3Cl)nc2c1. The number of fused-ring (bicyclic) bond motifs is 1. The Morgan fingerprint density at radius 3 is 2.52 bits per heavy atom. The molecule has 0 unspecified atom stereocenters. The van der Waals surface area contributed by atoms with Gasteiger partial charge in [0.15, 0.2) is 5.58 Å². The molecule has 0 atom stereocenters. The lowest BCUT2D eigenvalue weighted by atomic mass is 9.49. The van der Waals surface area contributed by atoms with Crippen LogP contribution in [0.25, 0.3) is 22.6 Å². The number of hydrogen-bond donors (Lipinski definition) is 1. The van der Waals surface area contributed by atoms with Crippen molar-refractivity contribution in [3.8, 4) is 11.5 Å². The molecule has 4 bridgehead atoms. The molecular weight excluding hydrogens is 523 g/mol. The lowest BCUT2D eigenvalue weighted by Gasteiger charge is -2.56. The minimum absolute atomic E-state index is 0.130. The van der Waals surface area contributed by atoms with Gasteiger partial charge >= 0.3 is 0 Å². The zero-order chi connectivity index (χ0) is 21.2. The molecular formula is C25H24ClIN2O2. The van der Waals surface area contributed by atoms with Crippen molar-refractivity contribution in [3.05, 3.63) is 45.0 Å². The topological polar surface area (TPSA) is 55.1 Å². The van der Waals surface area contributed by atoms with Crippen molar-refractivity contribution in [2.75, 3.05) is 5.32 Å². The second kappa shape index (κ2) is 7.48. The molecule has 0 saturated heterocycles. The van der Waals surface area contributed by atoms with Gasteiger partial charge in [-0.2, -0.15) is 0 Å². The number of hydrogen-bond acceptors (Lipinski definition) is 3. The summed E-state index contributed by atoms with van der Waals surface area (Å²) in [5.74, 6) is 3.20. The fourth-order valence-electron chi connectivity index (χ4n) is 6.83. The Balaban J connectivity index is 1.21. The summed E-state index contributed by atoms with van der Waals surface area (Å²) in [6.07, 6.45) is 8.58. The van der Waals surface area contributed by atoms with Gasteiger partial charge in [-0.1, -0.05) is 11.6 Å². The molecule has 1 aromatic heterocycles. The normalized spacial score (nSPS) is 28.9. The maximum Gasteiger partial charge on any atom is 0.228 e. The molecule has 3 aromatic rings. The lowest BCUT2D eigenvalue weighted by molar-refractivity contribution is -0.124. The second-order valence-electron chi connectivity index (χ2n) is 9.97. The molecule has 4 aliphatic carbocycles. The number of nitrogens with zero attached hydrogens (tertiary/aromatic N) is 1. The van der Waals surface area contributed by atoms with Crippen molar-refractivity contribution in [3.63, 3.8) is 0 Å². The van der Waals surface area contributed by atoms with Crippen LogP contribution in [-0.2, 0) is 4.79 Å². The first kappa shape index (κ1) is 20.0. The van der Waals surface area contributed by atoms with E-state index in [0.29, 0.717) is 22.9 Å². The van der Waals surface area contributed by atoms with Crippen LogP contribution in [0.15, 0.2) is 40.8 Å². The van der Waals surface area contributed by atoms with Gasteiger partial charge in [0.05, 0.1) is 10.6 Å². The number of carbonyl (C=O) groups is 1. The summed E-state index contributed by atoms with van der Waals surface area (Å²) in [7, 11) is 0. The first-order valence-corrected chi connectivity index (χ1v) is 12.6. The zero-order valence-corrected chi connectivity index (χ0v) is 20.1. The number of rotatable bonds is 4. The molecule has 0 spiro atoms. The first-order chi connectivity index (χ1) is 14.9. The molecule has 31 heavy (non-hydrogen) atoms. The van der Waals surface area contributed by atoms with Gasteiger partial charge < -0.3 is 9.73 Å². The van der Waals surface area contributed by atoms with Crippen LogP contribution in [0.5, 0.6) is 0 Å². The smallest absolute Gasteiger partial charge is 0.228 e. The van der Waals surface area contributed by atoms with E-state index in [2.05, 4.69) is 32.9 Å². The van der Waals surface area contributed by atoms with Crippen LogP contribution >= 0.6 is 34.2 Å². The van der Waals surface area contributed by atoms with E-state index in [9.17, 15) is 4.79 Å². The number of nitrogens with one attached hydrogen (secondary N) is 1. The van der Waals surface area contributed by atoms with Crippen LogP contribution < -0.4 is 5.32 Å². The highest BCUT2D eigenvalue weighted by Gasteiger charge is 2.51. The molecule has 0 radical (unpaired) electrons. The average Bonchev–Trinajstić information content (AvgIpc) is 3.11. The highest BCUT2D eigenvalue weighted by Crippen LogP contribution is 2.61. The predicted octanol–water partition coefficient (Wildman–Crippen LogP) is 7.30. The Labute approximate surface area is 200 Å². The van der Waals surface area contributed by atoms with Crippen LogP contribution in [-0.4, -0.2) is 10.9 Å². The number of anilines is 1. The van der Waals surface area contributed by atoms with Crippen molar-refractivity contribution in [2.45, 2.75) is 44.9 Å². The molecule has 7 rings (SSSR count). The van der Waals surface area contributed by atoms with E-state index in [1.54, 1.807) is 0 Å². The van der Waals surface area contributed by atoms with E-state index >= 15 is 0 Å². The third-order valence-corrected chi connectivity index (χ3v) is 8.53. The number of oxazole rings is 1. The summed E-state index contributed by atoms with van der Waals surface area (Å²) in [5.41, 5.74) is 3.19. The molecule has 4 fully saturated rings. The number of benzene rings is 2. The summed E-state index contributed by atoms with van der Waals surface area (Å²) < 4.78 is 7.00. The highest BCUT2D eigenvalue weighted by atomic mass is 127. The highest BCUT2D eigenvalue weighted by molar-refractivity contribution is 14.1. The minimum atomic E-state index is 0.130. The van der Waals surface area contributed by atoms with Gasteiger partial charge in [-0.3, -0.25) is 4.79 Å². The molecule has 4 aliphatic rings. The third kappa shape index (κ3) is 3.78. The summed E-state index contributed by atoms with van der Waals surface area (Å²) in [4.78, 5) is 17.6. The van der Waals surface area contributed by atoms with Gasteiger partial charge in [0.2, 0.25) is 11.8 Å². The Morgan fingerprint density at radius 2 is 1.81 bits per heavy atom. The molecule has 4 nitrogen and oxygen atoms in total. The quantitative estimate of drug-likeness (QED) is 0.349. The lowest BCUT2D eigenvalue weighted by Crippen LogP contribution is -2.47. The van der Waals surface area contributed by atoms with E-state index in [1.165, 1.54) is 38.5 Å². The van der Waals surface area contributed by atoms with Gasteiger partial charge in [0, 0.05) is 15.7 Å². The molecule has 160 valence electrons. The minimum Gasteiger partial charge on any atom is -0.436 e. The van der Waals surface area contributed by atoms with Crippen LogP contribution in [0.2, 0.25) is 5.02 Å². The van der Waals surface area contributed by atoms with Gasteiger partial charge in [-0.25, -0.2) is 4.98 Å².